The van der Waals surface area contributed by atoms with Crippen molar-refractivity contribution in [3.63, 3.8) is 0 Å². The number of pyridine rings is 1. The summed E-state index contributed by atoms with van der Waals surface area (Å²) in [5, 5.41) is 0. The summed E-state index contributed by atoms with van der Waals surface area (Å²) in [6.07, 6.45) is 1.27. The van der Waals surface area contributed by atoms with E-state index >= 15 is 0 Å². The summed E-state index contributed by atoms with van der Waals surface area (Å²) in [6.45, 7) is -1.25. The highest BCUT2D eigenvalue weighted by Crippen LogP contribution is 2.17. The van der Waals surface area contributed by atoms with Crippen molar-refractivity contribution in [2.75, 3.05) is 5.73 Å². The molecule has 1 heterocycles. The van der Waals surface area contributed by atoms with Crippen LogP contribution in [-0.4, -0.2) is 11.6 Å². The van der Waals surface area contributed by atoms with Crippen LogP contribution in [0.2, 0.25) is 0 Å². The number of anilines is 1. The molecule has 0 unspecified atom stereocenters. The van der Waals surface area contributed by atoms with Crippen molar-refractivity contribution >= 4 is 5.69 Å². The van der Waals surface area contributed by atoms with Crippen molar-refractivity contribution in [3.05, 3.63) is 17.8 Å². The molecule has 1 rings (SSSR count). The van der Waals surface area contributed by atoms with E-state index in [9.17, 15) is 8.78 Å². The van der Waals surface area contributed by atoms with E-state index in [4.69, 9.17) is 5.73 Å². The zero-order chi connectivity index (χ0) is 9.14. The minimum Gasteiger partial charge on any atom is -0.417 e. The molecule has 0 aliphatic heterocycles. The Morgan fingerprint density at radius 1 is 1.58 bits per heavy atom. The van der Waals surface area contributed by atoms with Crippen LogP contribution in [0.5, 0.6) is 5.88 Å². The number of hydrogen-bond donors (Lipinski definition) is 1. The van der Waals surface area contributed by atoms with Crippen molar-refractivity contribution in [2.24, 2.45) is 0 Å². The van der Waals surface area contributed by atoms with E-state index < -0.39 is 6.61 Å². The molecule has 0 bridgehead atoms. The lowest BCUT2D eigenvalue weighted by Gasteiger charge is -2.05. The third-order valence-electron chi connectivity index (χ3n) is 1.25. The average Bonchev–Trinajstić information content (AvgIpc) is 1.94. The van der Waals surface area contributed by atoms with Crippen LogP contribution in [0.15, 0.2) is 12.3 Å². The number of hydrogen-bond acceptors (Lipinski definition) is 3. The molecular formula is C7H8F2N2O. The molecule has 66 valence electrons. The van der Waals surface area contributed by atoms with Crippen LogP contribution in [0.1, 0.15) is 5.56 Å². The zero-order valence-electron chi connectivity index (χ0n) is 6.42. The Labute approximate surface area is 68.2 Å². The number of ether oxygens (including phenoxy) is 1. The molecule has 1 aromatic heterocycles. The molecule has 12 heavy (non-hydrogen) atoms. The first kappa shape index (κ1) is 8.70. The fraction of sp³-hybridized carbons (Fsp3) is 0.286. The zero-order valence-corrected chi connectivity index (χ0v) is 6.42. The van der Waals surface area contributed by atoms with Crippen LogP contribution in [0.25, 0.3) is 0 Å². The number of nitrogens with two attached hydrogens (primary N) is 1. The SMILES string of the molecule is Cc1cc(N)cnc1OC(F)F. The van der Waals surface area contributed by atoms with E-state index in [1.807, 2.05) is 0 Å². The molecule has 0 atom stereocenters. The highest BCUT2D eigenvalue weighted by atomic mass is 19.3. The normalized spacial score (nSPS) is 10.3. The van der Waals surface area contributed by atoms with Crippen molar-refractivity contribution in [3.8, 4) is 5.88 Å². The number of halogens is 2. The van der Waals surface area contributed by atoms with Crippen LogP contribution < -0.4 is 10.5 Å². The molecule has 0 amide bonds. The molecule has 0 fully saturated rings. The first-order valence-corrected chi connectivity index (χ1v) is 3.26. The van der Waals surface area contributed by atoms with Gasteiger partial charge in [-0.05, 0) is 13.0 Å². The van der Waals surface area contributed by atoms with Crippen molar-refractivity contribution in [1.29, 1.82) is 0 Å². The summed E-state index contributed by atoms with van der Waals surface area (Å²) in [5.74, 6) is -0.0841. The van der Waals surface area contributed by atoms with Gasteiger partial charge in [0, 0.05) is 5.56 Å². The quantitative estimate of drug-likeness (QED) is 0.740. The summed E-state index contributed by atoms with van der Waals surface area (Å²) >= 11 is 0. The van der Waals surface area contributed by atoms with Crippen LogP contribution in [-0.2, 0) is 0 Å². The minimum absolute atomic E-state index is 0.0841. The molecule has 0 spiro atoms. The second kappa shape index (κ2) is 3.34. The smallest absolute Gasteiger partial charge is 0.388 e. The van der Waals surface area contributed by atoms with Gasteiger partial charge in [-0.25, -0.2) is 4.98 Å². The lowest BCUT2D eigenvalue weighted by molar-refractivity contribution is -0.0533. The van der Waals surface area contributed by atoms with Crippen LogP contribution in [0.4, 0.5) is 14.5 Å². The predicted molar refractivity (Wildman–Crippen MR) is 40.0 cm³/mol. The van der Waals surface area contributed by atoms with Gasteiger partial charge in [0.1, 0.15) is 0 Å². The Balaban J connectivity index is 2.86. The topological polar surface area (TPSA) is 48.1 Å². The Hall–Kier alpha value is -1.39. The van der Waals surface area contributed by atoms with Gasteiger partial charge in [-0.2, -0.15) is 8.78 Å². The van der Waals surface area contributed by atoms with Gasteiger partial charge >= 0.3 is 6.61 Å². The van der Waals surface area contributed by atoms with E-state index in [1.54, 1.807) is 6.92 Å². The van der Waals surface area contributed by atoms with E-state index in [0.29, 0.717) is 11.3 Å². The van der Waals surface area contributed by atoms with Gasteiger partial charge in [-0.15, -0.1) is 0 Å². The third kappa shape index (κ3) is 2.05. The van der Waals surface area contributed by atoms with Gasteiger partial charge in [0.2, 0.25) is 5.88 Å². The van der Waals surface area contributed by atoms with E-state index in [-0.39, 0.29) is 5.88 Å². The Morgan fingerprint density at radius 3 is 2.75 bits per heavy atom. The summed E-state index contributed by atoms with van der Waals surface area (Å²) in [7, 11) is 0. The van der Waals surface area contributed by atoms with Crippen LogP contribution in [0, 0.1) is 6.92 Å². The predicted octanol–water partition coefficient (Wildman–Crippen LogP) is 1.57. The Bertz CT molecular complexity index is 278. The largest absolute Gasteiger partial charge is 0.417 e. The van der Waals surface area contributed by atoms with Crippen LogP contribution >= 0.6 is 0 Å². The highest BCUT2D eigenvalue weighted by Gasteiger charge is 2.07. The fourth-order valence-corrected chi connectivity index (χ4v) is 0.792. The highest BCUT2D eigenvalue weighted by molar-refractivity contribution is 5.41. The Kier molecular flexibility index (Phi) is 2.42. The van der Waals surface area contributed by atoms with Gasteiger partial charge in [0.15, 0.2) is 0 Å². The van der Waals surface area contributed by atoms with Gasteiger partial charge in [-0.3, -0.25) is 0 Å². The fourth-order valence-electron chi connectivity index (χ4n) is 0.792. The minimum atomic E-state index is -2.85. The number of rotatable bonds is 2. The maximum atomic E-state index is 11.7. The molecule has 0 aromatic carbocycles. The molecule has 2 N–H and O–H groups in total. The second-order valence-corrected chi connectivity index (χ2v) is 2.27. The van der Waals surface area contributed by atoms with Crippen molar-refractivity contribution in [1.82, 2.24) is 4.98 Å². The first-order chi connectivity index (χ1) is 5.59. The number of nitrogen functional groups attached to an aromatic ring is 1. The van der Waals surface area contributed by atoms with Crippen LogP contribution in [0.3, 0.4) is 0 Å². The summed E-state index contributed by atoms with van der Waals surface area (Å²) in [6, 6.07) is 1.52. The second-order valence-electron chi connectivity index (χ2n) is 2.27. The van der Waals surface area contributed by atoms with E-state index in [1.165, 1.54) is 12.3 Å². The molecule has 5 heteroatoms. The van der Waals surface area contributed by atoms with Gasteiger partial charge in [-0.1, -0.05) is 0 Å². The van der Waals surface area contributed by atoms with Crippen molar-refractivity contribution < 1.29 is 13.5 Å². The maximum Gasteiger partial charge on any atom is 0.388 e. The standard InChI is InChI=1S/C7H8F2N2O/c1-4-2-5(10)3-11-6(4)12-7(8)9/h2-3,7H,10H2,1H3. The first-order valence-electron chi connectivity index (χ1n) is 3.26. The average molecular weight is 174 g/mol. The number of aromatic nitrogens is 1. The monoisotopic (exact) mass is 174 g/mol. The Morgan fingerprint density at radius 2 is 2.25 bits per heavy atom. The molecule has 0 saturated carbocycles. The van der Waals surface area contributed by atoms with Gasteiger partial charge in [0.05, 0.1) is 11.9 Å². The molecule has 0 aliphatic carbocycles. The number of aryl methyl sites for hydroxylation is 1. The number of alkyl halides is 2. The van der Waals surface area contributed by atoms with E-state index in [2.05, 4.69) is 9.72 Å². The summed E-state index contributed by atoms with van der Waals surface area (Å²) in [5.41, 5.74) is 6.27. The summed E-state index contributed by atoms with van der Waals surface area (Å²) in [4.78, 5) is 3.59. The molecular weight excluding hydrogens is 166 g/mol. The molecule has 1 aromatic rings. The summed E-state index contributed by atoms with van der Waals surface area (Å²) < 4.78 is 27.5. The molecule has 0 saturated heterocycles. The lowest BCUT2D eigenvalue weighted by atomic mass is 10.3. The van der Waals surface area contributed by atoms with Gasteiger partial charge < -0.3 is 10.5 Å². The van der Waals surface area contributed by atoms with Crippen molar-refractivity contribution in [2.45, 2.75) is 13.5 Å². The molecule has 3 nitrogen and oxygen atoms in total. The van der Waals surface area contributed by atoms with Gasteiger partial charge in [0.25, 0.3) is 0 Å². The van der Waals surface area contributed by atoms with E-state index in [0.717, 1.165) is 0 Å². The molecule has 0 aliphatic rings. The number of nitrogens with zero attached hydrogens (tertiary/aromatic N) is 1. The lowest BCUT2D eigenvalue weighted by Crippen LogP contribution is -2.05. The third-order valence-corrected chi connectivity index (χ3v) is 1.25. The molecule has 0 radical (unpaired) electrons. The maximum absolute atomic E-state index is 11.7.